The van der Waals surface area contributed by atoms with Crippen LogP contribution < -0.4 is 4.74 Å². The molecule has 0 saturated carbocycles. The number of carbonyl (C=O) groups excluding carboxylic acids is 1. The number of methoxy groups -OCH3 is 1. The Hall–Kier alpha value is -1.85. The molecule has 0 aliphatic heterocycles. The molecule has 118 valence electrons. The van der Waals surface area contributed by atoms with Gasteiger partial charge in [-0.25, -0.2) is 4.79 Å². The third-order valence-electron chi connectivity index (χ3n) is 3.67. The van der Waals surface area contributed by atoms with Crippen LogP contribution in [0.25, 0.3) is 0 Å². The van der Waals surface area contributed by atoms with E-state index in [1.54, 1.807) is 31.4 Å². The van der Waals surface area contributed by atoms with Crippen molar-refractivity contribution < 1.29 is 14.4 Å². The third kappa shape index (κ3) is 3.12. The van der Waals surface area contributed by atoms with Crippen molar-refractivity contribution in [2.45, 2.75) is 12.8 Å². The molecule has 3 rings (SSSR count). The van der Waals surface area contributed by atoms with Crippen LogP contribution in [0.2, 0.25) is 5.02 Å². The molecule has 0 aromatic heterocycles. The molecule has 1 aliphatic carbocycles. The number of carbonyl (C=O) groups is 1. The molecular weight excluding hydrogens is 382 g/mol. The maximum Gasteiger partial charge on any atom is 0.367 e. The lowest BCUT2D eigenvalue weighted by atomic mass is 10.1. The number of ether oxygens (including phenoxy) is 1. The summed E-state index contributed by atoms with van der Waals surface area (Å²) in [5.74, 6) is 0.138. The maximum absolute atomic E-state index is 12.1. The fraction of sp³-hybridized carbons (Fsp3) is 0.176. The van der Waals surface area contributed by atoms with E-state index in [-0.39, 0.29) is 5.56 Å². The molecule has 1 aliphatic rings. The highest BCUT2D eigenvalue weighted by atomic mass is 79.9. The first-order valence-electron chi connectivity index (χ1n) is 7.00. The second-order valence-electron chi connectivity index (χ2n) is 5.00. The monoisotopic (exact) mass is 393 g/mol. The van der Waals surface area contributed by atoms with Gasteiger partial charge in [-0.05, 0) is 42.7 Å². The average molecular weight is 395 g/mol. The summed E-state index contributed by atoms with van der Waals surface area (Å²) in [6, 6.07) is 10.5. The van der Waals surface area contributed by atoms with Gasteiger partial charge in [0.05, 0.1) is 23.4 Å². The van der Waals surface area contributed by atoms with Crippen LogP contribution in [0.1, 0.15) is 27.9 Å². The van der Waals surface area contributed by atoms with Gasteiger partial charge < -0.3 is 9.57 Å². The molecular formula is C17H13BrClNO3. The lowest BCUT2D eigenvalue weighted by Crippen LogP contribution is -2.05. The fourth-order valence-corrected chi connectivity index (χ4v) is 3.31. The van der Waals surface area contributed by atoms with E-state index in [9.17, 15) is 4.79 Å². The van der Waals surface area contributed by atoms with E-state index in [0.29, 0.717) is 22.9 Å². The topological polar surface area (TPSA) is 47.9 Å². The van der Waals surface area contributed by atoms with Crippen LogP contribution in [-0.4, -0.2) is 18.8 Å². The molecule has 0 heterocycles. The van der Waals surface area contributed by atoms with E-state index in [2.05, 4.69) is 21.1 Å². The summed E-state index contributed by atoms with van der Waals surface area (Å²) < 4.78 is 6.39. The Kier molecular flexibility index (Phi) is 4.68. The highest BCUT2D eigenvalue weighted by Crippen LogP contribution is 2.36. The number of halogens is 2. The van der Waals surface area contributed by atoms with Crippen LogP contribution in [0.5, 0.6) is 5.75 Å². The summed E-state index contributed by atoms with van der Waals surface area (Å²) in [4.78, 5) is 17.2. The highest BCUT2D eigenvalue weighted by molar-refractivity contribution is 9.10. The largest absolute Gasteiger partial charge is 0.496 e. The molecule has 0 atom stereocenters. The van der Waals surface area contributed by atoms with Crippen molar-refractivity contribution in [3.63, 3.8) is 0 Å². The van der Waals surface area contributed by atoms with Gasteiger partial charge in [0, 0.05) is 10.0 Å². The Balaban J connectivity index is 1.88. The minimum atomic E-state index is -0.578. The van der Waals surface area contributed by atoms with Crippen LogP contribution in [0, 0.1) is 0 Å². The van der Waals surface area contributed by atoms with Crippen molar-refractivity contribution in [3.05, 3.63) is 62.6 Å². The van der Waals surface area contributed by atoms with Crippen LogP contribution in [0.3, 0.4) is 0 Å². The van der Waals surface area contributed by atoms with Crippen LogP contribution >= 0.6 is 27.5 Å². The second kappa shape index (κ2) is 6.72. The summed E-state index contributed by atoms with van der Waals surface area (Å²) in [7, 11) is 1.61. The molecule has 0 N–H and O–H groups in total. The zero-order valence-corrected chi connectivity index (χ0v) is 14.6. The first-order valence-corrected chi connectivity index (χ1v) is 8.17. The van der Waals surface area contributed by atoms with Crippen molar-refractivity contribution >= 4 is 39.2 Å². The number of fused-ring (bicyclic) bond motifs is 1. The number of nitrogens with zero attached hydrogens (tertiary/aromatic N) is 1. The summed E-state index contributed by atoms with van der Waals surface area (Å²) in [5.41, 5.74) is 2.97. The van der Waals surface area contributed by atoms with Crippen molar-refractivity contribution in [3.8, 4) is 5.75 Å². The first-order chi connectivity index (χ1) is 11.1. The van der Waals surface area contributed by atoms with Gasteiger partial charge in [-0.1, -0.05) is 44.8 Å². The maximum atomic E-state index is 12.1. The summed E-state index contributed by atoms with van der Waals surface area (Å²) in [6.07, 6.45) is 1.50. The predicted octanol–water partition coefficient (Wildman–Crippen LogP) is 4.62. The quantitative estimate of drug-likeness (QED) is 0.564. The van der Waals surface area contributed by atoms with E-state index >= 15 is 0 Å². The molecule has 4 nitrogen and oxygen atoms in total. The van der Waals surface area contributed by atoms with Gasteiger partial charge in [0.2, 0.25) is 0 Å². The molecule has 0 bridgehead atoms. The summed E-state index contributed by atoms with van der Waals surface area (Å²) in [6.45, 7) is 0. The van der Waals surface area contributed by atoms with Gasteiger partial charge in [-0.15, -0.1) is 0 Å². The van der Waals surface area contributed by atoms with Crippen LogP contribution in [-0.2, 0) is 11.3 Å². The minimum absolute atomic E-state index is 0.290. The molecule has 23 heavy (non-hydrogen) atoms. The zero-order chi connectivity index (χ0) is 16.4. The Morgan fingerprint density at radius 2 is 2.00 bits per heavy atom. The van der Waals surface area contributed by atoms with Gasteiger partial charge >= 0.3 is 5.97 Å². The SMILES string of the molecule is COc1ccc(Br)c2c1/C(=N\OC(=O)c1ccccc1Cl)CC2. The smallest absolute Gasteiger partial charge is 0.367 e. The standard InChI is InChI=1S/C17H13BrClNO3/c1-22-15-9-7-12(18)10-6-8-14(16(10)15)20-23-17(21)11-4-2-3-5-13(11)19/h2-5,7,9H,6,8H2,1H3/b20-14-. The molecule has 0 fully saturated rings. The van der Waals surface area contributed by atoms with Crippen molar-refractivity contribution in [1.29, 1.82) is 0 Å². The minimum Gasteiger partial charge on any atom is -0.496 e. The zero-order valence-electron chi connectivity index (χ0n) is 12.3. The van der Waals surface area contributed by atoms with Gasteiger partial charge in [-0.3, -0.25) is 0 Å². The predicted molar refractivity (Wildman–Crippen MR) is 92.4 cm³/mol. The Morgan fingerprint density at radius 1 is 1.22 bits per heavy atom. The lowest BCUT2D eigenvalue weighted by molar-refractivity contribution is 0.0516. The number of hydrogen-bond acceptors (Lipinski definition) is 4. The summed E-state index contributed by atoms with van der Waals surface area (Å²) >= 11 is 9.52. The molecule has 0 spiro atoms. The summed E-state index contributed by atoms with van der Waals surface area (Å²) in [5, 5.41) is 4.38. The Morgan fingerprint density at radius 3 is 2.74 bits per heavy atom. The second-order valence-corrected chi connectivity index (χ2v) is 6.26. The molecule has 0 radical (unpaired) electrons. The van der Waals surface area contributed by atoms with Gasteiger partial charge in [0.1, 0.15) is 5.75 Å². The molecule has 2 aromatic carbocycles. The lowest BCUT2D eigenvalue weighted by Gasteiger charge is -2.09. The van der Waals surface area contributed by atoms with Crippen molar-refractivity contribution in [2.24, 2.45) is 5.16 Å². The van der Waals surface area contributed by atoms with Crippen molar-refractivity contribution in [2.75, 3.05) is 7.11 Å². The van der Waals surface area contributed by atoms with E-state index < -0.39 is 5.97 Å². The fourth-order valence-electron chi connectivity index (χ4n) is 2.56. The molecule has 0 amide bonds. The number of oxime groups is 1. The van der Waals surface area contributed by atoms with Crippen molar-refractivity contribution in [1.82, 2.24) is 0 Å². The average Bonchev–Trinajstić information content (AvgIpc) is 2.98. The van der Waals surface area contributed by atoms with Crippen LogP contribution in [0.15, 0.2) is 46.0 Å². The number of hydrogen-bond donors (Lipinski definition) is 0. The van der Waals surface area contributed by atoms with E-state index in [0.717, 1.165) is 22.0 Å². The number of rotatable bonds is 3. The number of benzene rings is 2. The molecule has 0 unspecified atom stereocenters. The van der Waals surface area contributed by atoms with Crippen LogP contribution in [0.4, 0.5) is 0 Å². The van der Waals surface area contributed by atoms with E-state index in [1.807, 2.05) is 12.1 Å². The van der Waals surface area contributed by atoms with Gasteiger partial charge in [-0.2, -0.15) is 0 Å². The third-order valence-corrected chi connectivity index (χ3v) is 4.74. The van der Waals surface area contributed by atoms with E-state index in [4.69, 9.17) is 21.2 Å². The van der Waals surface area contributed by atoms with E-state index in [1.165, 1.54) is 0 Å². The highest BCUT2D eigenvalue weighted by Gasteiger charge is 2.25. The molecule has 0 saturated heterocycles. The normalized spacial score (nSPS) is 14.7. The Bertz CT molecular complexity index is 804. The van der Waals surface area contributed by atoms with Gasteiger partial charge in [0.25, 0.3) is 0 Å². The molecule has 2 aromatic rings. The Labute approximate surface area is 147 Å². The molecule has 6 heteroatoms. The first kappa shape index (κ1) is 16.0. The van der Waals surface area contributed by atoms with Gasteiger partial charge in [0.15, 0.2) is 0 Å².